The molecule has 0 fully saturated rings. The number of nitrogens with zero attached hydrogens (tertiary/aromatic N) is 2. The van der Waals surface area contributed by atoms with E-state index in [0.29, 0.717) is 0 Å². The van der Waals surface area contributed by atoms with Crippen LogP contribution in [0.15, 0.2) is 29.3 Å². The maximum atomic E-state index is 5.35. The second-order valence-corrected chi connectivity index (χ2v) is 3.78. The summed E-state index contributed by atoms with van der Waals surface area (Å²) in [5.74, 6) is 3.62. The highest BCUT2D eigenvalue weighted by atomic mass is 15.2. The van der Waals surface area contributed by atoms with E-state index >= 15 is 0 Å². The highest BCUT2D eigenvalue weighted by Gasteiger charge is 1.99. The molecular weight excluding hydrogens is 196 g/mol. The van der Waals surface area contributed by atoms with Gasteiger partial charge in [-0.1, -0.05) is 18.9 Å². The summed E-state index contributed by atoms with van der Waals surface area (Å²) < 4.78 is 0. The maximum absolute atomic E-state index is 5.35. The molecule has 0 bridgehead atoms. The Balaban J connectivity index is 2.85. The van der Waals surface area contributed by atoms with Gasteiger partial charge in [-0.2, -0.15) is 0 Å². The molecule has 1 aromatic rings. The normalized spacial score (nSPS) is 11.0. The Morgan fingerprint density at radius 2 is 2.25 bits per heavy atom. The first kappa shape index (κ1) is 12.3. The van der Waals surface area contributed by atoms with E-state index in [4.69, 9.17) is 6.42 Å². The molecule has 1 rings (SSSR count). The lowest BCUT2D eigenvalue weighted by atomic mass is 10.2. The van der Waals surface area contributed by atoms with Crippen molar-refractivity contribution in [2.45, 2.75) is 20.3 Å². The lowest BCUT2D eigenvalue weighted by molar-refractivity contribution is 0.498. The van der Waals surface area contributed by atoms with Gasteiger partial charge in [-0.3, -0.25) is 0 Å². The summed E-state index contributed by atoms with van der Waals surface area (Å²) in [6.45, 7) is 5.19. The zero-order chi connectivity index (χ0) is 12.0. The first-order valence-electron chi connectivity index (χ1n) is 5.50. The molecule has 0 amide bonds. The van der Waals surface area contributed by atoms with Crippen LogP contribution < -0.4 is 0 Å². The molecule has 2 heteroatoms. The average Bonchev–Trinajstić information content (AvgIpc) is 2.29. The number of aliphatic imine (C=N–C) groups is 1. The van der Waals surface area contributed by atoms with Crippen molar-refractivity contribution < 1.29 is 0 Å². The maximum Gasteiger partial charge on any atom is 0.101 e. The summed E-state index contributed by atoms with van der Waals surface area (Å²) in [7, 11) is 2.05. The Morgan fingerprint density at radius 3 is 2.88 bits per heavy atom. The molecule has 84 valence electrons. The molecule has 0 radical (unpaired) electrons. The molecule has 0 spiro atoms. The van der Waals surface area contributed by atoms with Crippen LogP contribution in [0.3, 0.4) is 0 Å². The van der Waals surface area contributed by atoms with Gasteiger partial charge in [0.05, 0.1) is 5.69 Å². The molecule has 0 N–H and O–H groups in total. The average molecular weight is 214 g/mol. The van der Waals surface area contributed by atoms with Crippen LogP contribution in [0.2, 0.25) is 0 Å². The molecule has 2 nitrogen and oxygen atoms in total. The summed E-state index contributed by atoms with van der Waals surface area (Å²) in [6.07, 6.45) is 6.47. The number of terminal acetylenes is 1. The predicted molar refractivity (Wildman–Crippen MR) is 70.1 cm³/mol. The molecule has 0 saturated heterocycles. The summed E-state index contributed by atoms with van der Waals surface area (Å²) in [5.41, 5.74) is 1.78. The van der Waals surface area contributed by atoms with Crippen LogP contribution in [0.25, 0.3) is 0 Å². The van der Waals surface area contributed by atoms with Crippen LogP contribution >= 0.6 is 0 Å². The third-order valence-electron chi connectivity index (χ3n) is 2.42. The molecule has 0 saturated carbocycles. The van der Waals surface area contributed by atoms with Crippen molar-refractivity contribution in [1.82, 2.24) is 4.90 Å². The van der Waals surface area contributed by atoms with Crippen LogP contribution in [0.4, 0.5) is 5.69 Å². The Labute approximate surface area is 98.0 Å². The molecule has 1 aromatic carbocycles. The minimum atomic E-state index is 0.868. The number of rotatable bonds is 3. The summed E-state index contributed by atoms with van der Waals surface area (Å²) in [6, 6.07) is 7.72. The Bertz CT molecular complexity index is 413. The van der Waals surface area contributed by atoms with Crippen LogP contribution in [0.5, 0.6) is 0 Å². The third-order valence-corrected chi connectivity index (χ3v) is 2.42. The SMILES string of the molecule is C#Cc1cccc(/N=C(/C)N(C)CCC)c1. The van der Waals surface area contributed by atoms with Crippen molar-refractivity contribution >= 4 is 11.5 Å². The minimum Gasteiger partial charge on any atom is -0.363 e. The molecule has 0 aromatic heterocycles. The topological polar surface area (TPSA) is 15.6 Å². The van der Waals surface area contributed by atoms with E-state index in [0.717, 1.165) is 30.1 Å². The number of amidine groups is 1. The van der Waals surface area contributed by atoms with E-state index in [1.165, 1.54) is 0 Å². The first-order chi connectivity index (χ1) is 7.67. The molecule has 0 heterocycles. The molecular formula is C14H18N2. The van der Waals surface area contributed by atoms with Gasteiger partial charge in [0.1, 0.15) is 5.84 Å². The quantitative estimate of drug-likeness (QED) is 0.429. The fraction of sp³-hybridized carbons (Fsp3) is 0.357. The van der Waals surface area contributed by atoms with Crippen molar-refractivity contribution in [3.05, 3.63) is 29.8 Å². The fourth-order valence-corrected chi connectivity index (χ4v) is 1.43. The highest BCUT2D eigenvalue weighted by Crippen LogP contribution is 2.14. The molecule has 0 aliphatic heterocycles. The van der Waals surface area contributed by atoms with Crippen molar-refractivity contribution in [2.75, 3.05) is 13.6 Å². The van der Waals surface area contributed by atoms with Crippen molar-refractivity contribution in [1.29, 1.82) is 0 Å². The van der Waals surface area contributed by atoms with Crippen molar-refractivity contribution in [3.8, 4) is 12.3 Å². The number of hydrogen-bond donors (Lipinski definition) is 0. The largest absolute Gasteiger partial charge is 0.363 e. The monoisotopic (exact) mass is 214 g/mol. The summed E-state index contributed by atoms with van der Waals surface area (Å²) in [4.78, 5) is 6.67. The van der Waals surface area contributed by atoms with Gasteiger partial charge in [-0.05, 0) is 31.5 Å². The van der Waals surface area contributed by atoms with Gasteiger partial charge in [0.15, 0.2) is 0 Å². The van der Waals surface area contributed by atoms with Gasteiger partial charge in [0, 0.05) is 19.2 Å². The van der Waals surface area contributed by atoms with E-state index in [2.05, 4.69) is 22.7 Å². The zero-order valence-corrected chi connectivity index (χ0v) is 10.2. The molecule has 0 aliphatic rings. The lowest BCUT2D eigenvalue weighted by Crippen LogP contribution is -2.24. The Kier molecular flexibility index (Phi) is 4.60. The summed E-state index contributed by atoms with van der Waals surface area (Å²) >= 11 is 0. The van der Waals surface area contributed by atoms with Gasteiger partial charge in [-0.15, -0.1) is 6.42 Å². The smallest absolute Gasteiger partial charge is 0.101 e. The number of hydrogen-bond acceptors (Lipinski definition) is 1. The van der Waals surface area contributed by atoms with Crippen LogP contribution in [0, 0.1) is 12.3 Å². The second kappa shape index (κ2) is 5.97. The second-order valence-electron chi connectivity index (χ2n) is 3.78. The lowest BCUT2D eigenvalue weighted by Gasteiger charge is -2.17. The van der Waals surface area contributed by atoms with Crippen molar-refractivity contribution in [2.24, 2.45) is 4.99 Å². The van der Waals surface area contributed by atoms with E-state index in [-0.39, 0.29) is 0 Å². The van der Waals surface area contributed by atoms with E-state index in [1.807, 2.05) is 38.2 Å². The molecule has 0 atom stereocenters. The van der Waals surface area contributed by atoms with Gasteiger partial charge >= 0.3 is 0 Å². The predicted octanol–water partition coefficient (Wildman–Crippen LogP) is 3.06. The molecule has 16 heavy (non-hydrogen) atoms. The highest BCUT2D eigenvalue weighted by molar-refractivity contribution is 5.82. The van der Waals surface area contributed by atoms with Gasteiger partial charge < -0.3 is 4.90 Å². The van der Waals surface area contributed by atoms with Gasteiger partial charge in [0.25, 0.3) is 0 Å². The standard InChI is InChI=1S/C14H18N2/c1-5-10-16(4)12(3)15-14-9-7-8-13(6-2)11-14/h2,7-9,11H,5,10H2,1,3-4H3/b15-12-. The zero-order valence-electron chi connectivity index (χ0n) is 10.2. The Hall–Kier alpha value is -1.75. The molecule has 0 aliphatic carbocycles. The van der Waals surface area contributed by atoms with Crippen LogP contribution in [-0.2, 0) is 0 Å². The van der Waals surface area contributed by atoms with E-state index in [9.17, 15) is 0 Å². The minimum absolute atomic E-state index is 0.868. The van der Waals surface area contributed by atoms with Crippen molar-refractivity contribution in [3.63, 3.8) is 0 Å². The van der Waals surface area contributed by atoms with E-state index < -0.39 is 0 Å². The fourth-order valence-electron chi connectivity index (χ4n) is 1.43. The number of benzene rings is 1. The van der Waals surface area contributed by atoms with Gasteiger partial charge in [0.2, 0.25) is 0 Å². The Morgan fingerprint density at radius 1 is 1.50 bits per heavy atom. The van der Waals surface area contributed by atoms with Crippen LogP contribution in [-0.4, -0.2) is 24.3 Å². The van der Waals surface area contributed by atoms with E-state index in [1.54, 1.807) is 0 Å². The van der Waals surface area contributed by atoms with Crippen LogP contribution in [0.1, 0.15) is 25.8 Å². The van der Waals surface area contributed by atoms with Gasteiger partial charge in [-0.25, -0.2) is 4.99 Å². The summed E-state index contributed by atoms with van der Waals surface area (Å²) in [5, 5.41) is 0. The first-order valence-corrected chi connectivity index (χ1v) is 5.50. The third kappa shape index (κ3) is 3.43. The molecule has 0 unspecified atom stereocenters.